The second-order valence-corrected chi connectivity index (χ2v) is 11.3. The minimum atomic E-state index is -4.46. The molecule has 7 nitrogen and oxygen atoms in total. The van der Waals surface area contributed by atoms with Crippen molar-refractivity contribution in [2.45, 2.75) is 38.1 Å². The third-order valence-corrected chi connectivity index (χ3v) is 8.35. The number of anilines is 1. The van der Waals surface area contributed by atoms with E-state index in [-0.39, 0.29) is 25.4 Å². The number of thiazole rings is 1. The maximum Gasteiger partial charge on any atom is 0.416 e. The van der Waals surface area contributed by atoms with E-state index < -0.39 is 29.4 Å². The Balaban J connectivity index is 1.32. The van der Waals surface area contributed by atoms with Gasteiger partial charge in [-0.15, -0.1) is 11.3 Å². The Hall–Kier alpha value is -4.38. The van der Waals surface area contributed by atoms with Crippen molar-refractivity contribution in [1.82, 2.24) is 15.2 Å². The van der Waals surface area contributed by atoms with Crippen LogP contribution in [0.25, 0.3) is 11.3 Å². The number of piperidine rings is 1. The van der Waals surface area contributed by atoms with Gasteiger partial charge in [0.2, 0.25) is 0 Å². The molecule has 4 aromatic rings. The number of carbonyl (C=O) groups excluding carboxylic acids is 2. The Kier molecular flexibility index (Phi) is 8.49. The number of nitrogens with zero attached hydrogens (tertiary/aromatic N) is 2. The van der Waals surface area contributed by atoms with Gasteiger partial charge in [0.05, 0.1) is 16.8 Å². The molecule has 0 saturated carbocycles. The lowest BCUT2D eigenvalue weighted by Gasteiger charge is -2.40. The SMILES string of the molecule is Cc1sc(C2(NC(=O)OCc3ccccc3)CCN(C(=O)Nc3ccc(C(F)(F)F)cc3)CC2)nc1-c1ccccc1. The molecule has 0 atom stereocenters. The zero-order valence-electron chi connectivity index (χ0n) is 22.8. The third-order valence-electron chi connectivity index (χ3n) is 7.18. The monoisotopic (exact) mass is 594 g/mol. The van der Waals surface area contributed by atoms with E-state index in [1.54, 1.807) is 4.90 Å². The summed E-state index contributed by atoms with van der Waals surface area (Å²) in [5.74, 6) is 0. The molecule has 42 heavy (non-hydrogen) atoms. The maximum atomic E-state index is 13.1. The zero-order chi connectivity index (χ0) is 29.7. The van der Waals surface area contributed by atoms with E-state index in [2.05, 4.69) is 10.6 Å². The summed E-state index contributed by atoms with van der Waals surface area (Å²) in [6, 6.07) is 23.0. The lowest BCUT2D eigenvalue weighted by atomic mass is 9.88. The van der Waals surface area contributed by atoms with Crippen LogP contribution in [-0.2, 0) is 23.1 Å². The molecule has 0 spiro atoms. The van der Waals surface area contributed by atoms with E-state index in [9.17, 15) is 22.8 Å². The lowest BCUT2D eigenvalue weighted by Crippen LogP contribution is -2.54. The fourth-order valence-electron chi connectivity index (χ4n) is 4.85. The molecule has 0 bridgehead atoms. The number of amides is 3. The van der Waals surface area contributed by atoms with Crippen LogP contribution < -0.4 is 10.6 Å². The summed E-state index contributed by atoms with van der Waals surface area (Å²) in [6.07, 6.45) is -4.30. The molecule has 3 aromatic carbocycles. The van der Waals surface area contributed by atoms with E-state index in [1.165, 1.54) is 23.5 Å². The molecule has 0 aliphatic carbocycles. The Labute approximate surface area is 245 Å². The zero-order valence-corrected chi connectivity index (χ0v) is 23.6. The van der Waals surface area contributed by atoms with Crippen molar-refractivity contribution in [3.8, 4) is 11.3 Å². The maximum absolute atomic E-state index is 13.1. The van der Waals surface area contributed by atoms with Gasteiger partial charge in [-0.3, -0.25) is 0 Å². The van der Waals surface area contributed by atoms with E-state index in [0.717, 1.165) is 38.8 Å². The highest BCUT2D eigenvalue weighted by Crippen LogP contribution is 2.39. The summed E-state index contributed by atoms with van der Waals surface area (Å²) in [6.45, 7) is 2.66. The summed E-state index contributed by atoms with van der Waals surface area (Å²) < 4.78 is 44.2. The number of rotatable bonds is 6. The van der Waals surface area contributed by atoms with Crippen LogP contribution in [0, 0.1) is 6.92 Å². The predicted octanol–water partition coefficient (Wildman–Crippen LogP) is 7.59. The van der Waals surface area contributed by atoms with Gasteiger partial charge in [-0.2, -0.15) is 13.2 Å². The highest BCUT2D eigenvalue weighted by Gasteiger charge is 2.42. The topological polar surface area (TPSA) is 83.6 Å². The highest BCUT2D eigenvalue weighted by atomic mass is 32.1. The number of likely N-dealkylation sites (tertiary alicyclic amines) is 1. The number of aromatic nitrogens is 1. The van der Waals surface area contributed by atoms with Crippen LogP contribution in [0.3, 0.4) is 0 Å². The molecule has 0 unspecified atom stereocenters. The molecular formula is C31H29F3N4O3S. The molecule has 1 fully saturated rings. The molecule has 11 heteroatoms. The Morgan fingerprint density at radius 2 is 1.57 bits per heavy atom. The average molecular weight is 595 g/mol. The lowest BCUT2D eigenvalue weighted by molar-refractivity contribution is -0.137. The van der Waals surface area contributed by atoms with Gasteiger partial charge in [0.1, 0.15) is 11.6 Å². The quantitative estimate of drug-likeness (QED) is 0.241. The van der Waals surface area contributed by atoms with Crippen LogP contribution in [0.4, 0.5) is 28.4 Å². The average Bonchev–Trinajstić information content (AvgIpc) is 3.39. The van der Waals surface area contributed by atoms with Gasteiger partial charge in [-0.05, 0) is 49.6 Å². The van der Waals surface area contributed by atoms with E-state index in [0.29, 0.717) is 12.8 Å². The Bertz CT molecular complexity index is 1520. The number of aryl methyl sites for hydroxylation is 1. The van der Waals surface area contributed by atoms with Gasteiger partial charge in [0.15, 0.2) is 0 Å². The van der Waals surface area contributed by atoms with Crippen molar-refractivity contribution in [3.63, 3.8) is 0 Å². The van der Waals surface area contributed by atoms with Crippen molar-refractivity contribution >= 4 is 29.1 Å². The molecule has 5 rings (SSSR count). The molecule has 3 amide bonds. The summed E-state index contributed by atoms with van der Waals surface area (Å²) in [5.41, 5.74) is 1.25. The highest BCUT2D eigenvalue weighted by molar-refractivity contribution is 7.12. The first kappa shape index (κ1) is 29.1. The van der Waals surface area contributed by atoms with Gasteiger partial charge < -0.3 is 20.3 Å². The predicted molar refractivity (Wildman–Crippen MR) is 155 cm³/mol. The second kappa shape index (κ2) is 12.2. The summed E-state index contributed by atoms with van der Waals surface area (Å²) in [4.78, 5) is 33.6. The van der Waals surface area contributed by atoms with Crippen LogP contribution >= 0.6 is 11.3 Å². The smallest absolute Gasteiger partial charge is 0.416 e. The number of hydrogen-bond donors (Lipinski definition) is 2. The molecule has 1 aliphatic heterocycles. The van der Waals surface area contributed by atoms with E-state index in [4.69, 9.17) is 9.72 Å². The molecular weight excluding hydrogens is 565 g/mol. The number of benzene rings is 3. The summed E-state index contributed by atoms with van der Waals surface area (Å²) >= 11 is 1.49. The molecule has 218 valence electrons. The molecule has 2 heterocycles. The van der Waals surface area contributed by atoms with Crippen molar-refractivity contribution in [2.75, 3.05) is 18.4 Å². The number of nitrogens with one attached hydrogen (secondary N) is 2. The molecule has 1 aliphatic rings. The standard InChI is InChI=1S/C31H29F3N4O3S/c1-21-26(23-10-6-3-7-11-23)36-27(42-21)30(37-29(40)41-20-22-8-4-2-5-9-22)16-18-38(19-17-30)28(39)35-25-14-12-24(13-15-25)31(32,33)34/h2-15H,16-20H2,1H3,(H,35,39)(H,37,40). The van der Waals surface area contributed by atoms with Crippen LogP contribution in [0.2, 0.25) is 0 Å². The fourth-order valence-corrected chi connectivity index (χ4v) is 5.99. The minimum Gasteiger partial charge on any atom is -0.445 e. The normalized spacial score (nSPS) is 14.7. The number of carbonyl (C=O) groups is 2. The van der Waals surface area contributed by atoms with E-state index in [1.807, 2.05) is 67.6 Å². The van der Waals surface area contributed by atoms with Crippen molar-refractivity contribution in [1.29, 1.82) is 0 Å². The summed E-state index contributed by atoms with van der Waals surface area (Å²) in [5, 5.41) is 6.45. The fraction of sp³-hybridized carbons (Fsp3) is 0.258. The first-order valence-corrected chi connectivity index (χ1v) is 14.2. The number of ether oxygens (including phenoxy) is 1. The number of alkyl halides is 3. The largest absolute Gasteiger partial charge is 0.445 e. The van der Waals surface area contributed by atoms with Crippen molar-refractivity contribution < 1.29 is 27.5 Å². The van der Waals surface area contributed by atoms with Gasteiger partial charge in [0.25, 0.3) is 0 Å². The Morgan fingerprint density at radius 3 is 2.19 bits per heavy atom. The Morgan fingerprint density at radius 1 is 0.952 bits per heavy atom. The number of halogens is 3. The molecule has 2 N–H and O–H groups in total. The molecule has 0 radical (unpaired) electrons. The molecule has 1 saturated heterocycles. The third kappa shape index (κ3) is 6.73. The van der Waals surface area contributed by atoms with Crippen LogP contribution in [0.5, 0.6) is 0 Å². The number of hydrogen-bond acceptors (Lipinski definition) is 5. The summed E-state index contributed by atoms with van der Waals surface area (Å²) in [7, 11) is 0. The van der Waals surface area contributed by atoms with Gasteiger partial charge in [0, 0.05) is 29.2 Å². The van der Waals surface area contributed by atoms with Crippen molar-refractivity contribution in [2.24, 2.45) is 0 Å². The number of urea groups is 1. The van der Waals surface area contributed by atoms with Crippen LogP contribution in [0.1, 0.15) is 33.9 Å². The van der Waals surface area contributed by atoms with E-state index >= 15 is 0 Å². The first-order valence-electron chi connectivity index (χ1n) is 13.4. The minimum absolute atomic E-state index is 0.108. The van der Waals surface area contributed by atoms with Gasteiger partial charge >= 0.3 is 18.3 Å². The second-order valence-electron chi connectivity index (χ2n) is 10.1. The molecule has 1 aromatic heterocycles. The van der Waals surface area contributed by atoms with Crippen LogP contribution in [0.15, 0.2) is 84.9 Å². The van der Waals surface area contributed by atoms with Crippen molar-refractivity contribution in [3.05, 3.63) is 106 Å². The first-order chi connectivity index (χ1) is 20.1. The van der Waals surface area contributed by atoms with Gasteiger partial charge in [-0.25, -0.2) is 14.6 Å². The van der Waals surface area contributed by atoms with Crippen LogP contribution in [-0.4, -0.2) is 35.1 Å². The van der Waals surface area contributed by atoms with Gasteiger partial charge in [-0.1, -0.05) is 60.7 Å². The number of alkyl carbamates (subject to hydrolysis) is 1.